The first-order valence-electron chi connectivity index (χ1n) is 13.9. The van der Waals surface area contributed by atoms with Gasteiger partial charge in [-0.2, -0.15) is 0 Å². The number of nitrogens with zero attached hydrogens (tertiary/aromatic N) is 2. The average molecular weight is 525 g/mol. The molecule has 1 aromatic heterocycles. The summed E-state index contributed by atoms with van der Waals surface area (Å²) in [6, 6.07) is 55.8. The van der Waals surface area contributed by atoms with Crippen molar-refractivity contribution in [1.82, 2.24) is 9.55 Å². The van der Waals surface area contributed by atoms with Crippen molar-refractivity contribution in [3.8, 4) is 61.6 Å². The summed E-state index contributed by atoms with van der Waals surface area (Å²) in [6.07, 6.45) is 3.95. The van der Waals surface area contributed by atoms with Crippen LogP contribution in [0.15, 0.2) is 170 Å². The van der Waals surface area contributed by atoms with Crippen molar-refractivity contribution in [1.29, 1.82) is 0 Å². The highest BCUT2D eigenvalue weighted by Crippen LogP contribution is 2.35. The van der Waals surface area contributed by atoms with Crippen molar-refractivity contribution in [3.05, 3.63) is 170 Å². The van der Waals surface area contributed by atoms with Crippen LogP contribution < -0.4 is 0 Å². The highest BCUT2D eigenvalue weighted by Gasteiger charge is 2.14. The molecule has 0 aliphatic heterocycles. The number of rotatable bonds is 6. The van der Waals surface area contributed by atoms with Crippen LogP contribution in [-0.4, -0.2) is 9.55 Å². The second-order valence-electron chi connectivity index (χ2n) is 10.2. The van der Waals surface area contributed by atoms with Crippen LogP contribution in [0.3, 0.4) is 0 Å². The molecule has 0 N–H and O–H groups in total. The largest absolute Gasteiger partial charge is 0.300 e. The monoisotopic (exact) mass is 524 g/mol. The molecule has 0 amide bonds. The Balaban J connectivity index is 1.42. The zero-order valence-corrected chi connectivity index (χ0v) is 22.6. The summed E-state index contributed by atoms with van der Waals surface area (Å²) in [5.41, 5.74) is 11.6. The molecule has 0 saturated carbocycles. The van der Waals surface area contributed by atoms with Crippen LogP contribution in [0.1, 0.15) is 0 Å². The number of aromatic nitrogens is 2. The molecule has 0 aliphatic rings. The maximum absolute atomic E-state index is 4.90. The molecular weight excluding hydrogens is 496 g/mol. The first kappa shape index (κ1) is 24.6. The Kier molecular flexibility index (Phi) is 6.56. The number of hydrogen-bond acceptors (Lipinski definition) is 1. The van der Waals surface area contributed by atoms with E-state index in [1.807, 2.05) is 6.20 Å². The van der Waals surface area contributed by atoms with Gasteiger partial charge in [-0.15, -0.1) is 0 Å². The van der Waals surface area contributed by atoms with Crippen LogP contribution in [0.25, 0.3) is 61.6 Å². The van der Waals surface area contributed by atoms with Crippen molar-refractivity contribution in [2.24, 2.45) is 0 Å². The molecule has 41 heavy (non-hydrogen) atoms. The highest BCUT2D eigenvalue weighted by molar-refractivity contribution is 5.81. The smallest absolute Gasteiger partial charge is 0.144 e. The Labute approximate surface area is 240 Å². The molecule has 0 unspecified atom stereocenters. The average Bonchev–Trinajstić information content (AvgIpc) is 3.56. The predicted molar refractivity (Wildman–Crippen MR) is 171 cm³/mol. The molecule has 0 fully saturated rings. The minimum absolute atomic E-state index is 0.907. The lowest BCUT2D eigenvalue weighted by atomic mass is 9.95. The van der Waals surface area contributed by atoms with Gasteiger partial charge in [0, 0.05) is 23.6 Å². The van der Waals surface area contributed by atoms with Crippen molar-refractivity contribution in [3.63, 3.8) is 0 Å². The summed E-state index contributed by atoms with van der Waals surface area (Å²) < 4.78 is 2.21. The van der Waals surface area contributed by atoms with Crippen LogP contribution >= 0.6 is 0 Å². The Hall–Kier alpha value is -5.47. The van der Waals surface area contributed by atoms with Gasteiger partial charge in [0.25, 0.3) is 0 Å². The number of hydrogen-bond donors (Lipinski definition) is 0. The van der Waals surface area contributed by atoms with Crippen LogP contribution in [0.5, 0.6) is 0 Å². The molecule has 2 nitrogen and oxygen atoms in total. The molecule has 0 atom stereocenters. The van der Waals surface area contributed by atoms with Gasteiger partial charge in [0.2, 0.25) is 0 Å². The Morgan fingerprint density at radius 1 is 0.341 bits per heavy atom. The molecule has 0 aliphatic carbocycles. The summed E-state index contributed by atoms with van der Waals surface area (Å²) >= 11 is 0. The van der Waals surface area contributed by atoms with E-state index in [4.69, 9.17) is 4.98 Å². The van der Waals surface area contributed by atoms with E-state index in [1.54, 1.807) is 0 Å². The summed E-state index contributed by atoms with van der Waals surface area (Å²) in [5, 5.41) is 0. The lowest BCUT2D eigenvalue weighted by Crippen LogP contribution is -1.98. The third-order valence-corrected chi connectivity index (χ3v) is 7.46. The topological polar surface area (TPSA) is 17.8 Å². The molecular formula is C39H28N2. The van der Waals surface area contributed by atoms with Crippen molar-refractivity contribution < 1.29 is 0 Å². The van der Waals surface area contributed by atoms with Crippen LogP contribution in [0.2, 0.25) is 0 Å². The van der Waals surface area contributed by atoms with Crippen LogP contribution in [-0.2, 0) is 0 Å². The van der Waals surface area contributed by atoms with E-state index < -0.39 is 0 Å². The third kappa shape index (κ3) is 5.11. The van der Waals surface area contributed by atoms with E-state index >= 15 is 0 Å². The number of benzene rings is 6. The normalized spacial score (nSPS) is 10.9. The fraction of sp³-hybridized carbons (Fsp3) is 0. The zero-order chi connectivity index (χ0) is 27.4. The van der Waals surface area contributed by atoms with Crippen molar-refractivity contribution in [2.75, 3.05) is 0 Å². The van der Waals surface area contributed by atoms with E-state index in [0.29, 0.717) is 0 Å². The standard InChI is InChI=1S/C39H28N2/c1-5-13-29(14-6-1)33-23-34(30-15-7-2-8-16-30)26-37(25-33)39-40-21-22-41(39)38-27-35(31-17-9-3-10-18-31)24-36(28-38)32-19-11-4-12-20-32/h1-28H. The molecule has 7 rings (SSSR count). The van der Waals surface area contributed by atoms with Gasteiger partial charge in [-0.25, -0.2) is 4.98 Å². The third-order valence-electron chi connectivity index (χ3n) is 7.46. The molecule has 0 spiro atoms. The molecule has 0 radical (unpaired) electrons. The van der Waals surface area contributed by atoms with Gasteiger partial charge in [-0.1, -0.05) is 121 Å². The molecule has 0 bridgehead atoms. The summed E-state index contributed by atoms with van der Waals surface area (Å²) in [5.74, 6) is 0.907. The van der Waals surface area contributed by atoms with E-state index in [0.717, 1.165) is 17.1 Å². The van der Waals surface area contributed by atoms with Gasteiger partial charge in [-0.05, 0) is 80.9 Å². The van der Waals surface area contributed by atoms with Gasteiger partial charge in [0.15, 0.2) is 0 Å². The van der Waals surface area contributed by atoms with E-state index in [2.05, 4.69) is 168 Å². The molecule has 2 heteroatoms. The Bertz CT molecular complexity index is 1650. The minimum atomic E-state index is 0.907. The minimum Gasteiger partial charge on any atom is -0.300 e. The first-order valence-corrected chi connectivity index (χ1v) is 13.9. The lowest BCUT2D eigenvalue weighted by molar-refractivity contribution is 1.07. The van der Waals surface area contributed by atoms with Gasteiger partial charge in [0.1, 0.15) is 5.82 Å². The van der Waals surface area contributed by atoms with Crippen molar-refractivity contribution >= 4 is 0 Å². The van der Waals surface area contributed by atoms with E-state index in [1.165, 1.54) is 44.5 Å². The van der Waals surface area contributed by atoms with E-state index in [-0.39, 0.29) is 0 Å². The van der Waals surface area contributed by atoms with Gasteiger partial charge in [-0.3, -0.25) is 4.57 Å². The van der Waals surface area contributed by atoms with Gasteiger partial charge in [0.05, 0.1) is 0 Å². The molecule has 194 valence electrons. The second-order valence-corrected chi connectivity index (χ2v) is 10.2. The summed E-state index contributed by atoms with van der Waals surface area (Å²) in [6.45, 7) is 0. The second kappa shape index (κ2) is 11.0. The quantitative estimate of drug-likeness (QED) is 0.212. The summed E-state index contributed by atoms with van der Waals surface area (Å²) in [7, 11) is 0. The summed E-state index contributed by atoms with van der Waals surface area (Å²) in [4.78, 5) is 4.90. The van der Waals surface area contributed by atoms with Crippen LogP contribution in [0, 0.1) is 0 Å². The fourth-order valence-corrected chi connectivity index (χ4v) is 5.42. The van der Waals surface area contributed by atoms with Crippen LogP contribution in [0.4, 0.5) is 0 Å². The highest BCUT2D eigenvalue weighted by atomic mass is 15.1. The SMILES string of the molecule is c1ccc(-c2cc(-c3ccccc3)cc(-c3nccn3-c3cc(-c4ccccc4)cc(-c4ccccc4)c3)c2)cc1. The molecule has 7 aromatic rings. The molecule has 6 aromatic carbocycles. The fourth-order valence-electron chi connectivity index (χ4n) is 5.42. The van der Waals surface area contributed by atoms with Gasteiger partial charge >= 0.3 is 0 Å². The number of imidazole rings is 1. The first-order chi connectivity index (χ1) is 20.3. The Morgan fingerprint density at radius 3 is 1.07 bits per heavy atom. The zero-order valence-electron chi connectivity index (χ0n) is 22.6. The Morgan fingerprint density at radius 2 is 0.683 bits per heavy atom. The molecule has 1 heterocycles. The predicted octanol–water partition coefficient (Wildman–Crippen LogP) is 10.2. The van der Waals surface area contributed by atoms with Crippen molar-refractivity contribution in [2.45, 2.75) is 0 Å². The molecule has 0 saturated heterocycles. The van der Waals surface area contributed by atoms with E-state index in [9.17, 15) is 0 Å². The maximum Gasteiger partial charge on any atom is 0.144 e. The van der Waals surface area contributed by atoms with Gasteiger partial charge < -0.3 is 0 Å². The lowest BCUT2D eigenvalue weighted by Gasteiger charge is -2.15. The maximum atomic E-state index is 4.90.